The number of amides is 4. The molecule has 3 aromatic rings. The van der Waals surface area contributed by atoms with Crippen molar-refractivity contribution in [1.29, 1.82) is 0 Å². The van der Waals surface area contributed by atoms with Gasteiger partial charge in [-0.2, -0.15) is 13.1 Å². The minimum Gasteiger partial charge on any atom is -0.503 e. The van der Waals surface area contributed by atoms with Crippen LogP contribution in [0.25, 0.3) is 0 Å². The molecule has 1 aliphatic rings. The van der Waals surface area contributed by atoms with Crippen LogP contribution in [0.1, 0.15) is 35.6 Å². The van der Waals surface area contributed by atoms with Gasteiger partial charge in [0.05, 0.1) is 18.7 Å². The third kappa shape index (κ3) is 8.31. The molecule has 4 rings (SSSR count). The number of rotatable bonds is 13. The summed E-state index contributed by atoms with van der Waals surface area (Å²) in [6.07, 6.45) is 0.361. The van der Waals surface area contributed by atoms with Gasteiger partial charge in [0.15, 0.2) is 16.6 Å². The normalized spacial score (nSPS) is 16.3. The number of nitrogens with one attached hydrogen (secondary N) is 3. The number of carboxylic acids is 1. The second-order valence-corrected chi connectivity index (χ2v) is 13.1. The van der Waals surface area contributed by atoms with E-state index < -0.39 is 86.7 Å². The second-order valence-electron chi connectivity index (χ2n) is 10.9. The quantitative estimate of drug-likeness (QED) is 0.0326. The molecule has 50 heavy (non-hydrogen) atoms. The molecule has 0 radical (unpaired) electrons. The number of carbonyl (C=O) groups is 5. The fraction of sp³-hybridized carbons (Fsp3) is 0.259. The van der Waals surface area contributed by atoms with Crippen LogP contribution in [0.4, 0.5) is 10.8 Å². The lowest BCUT2D eigenvalue weighted by Gasteiger charge is -2.44. The van der Waals surface area contributed by atoms with Crippen molar-refractivity contribution in [3.8, 4) is 5.75 Å². The Morgan fingerprint density at radius 2 is 1.82 bits per heavy atom. The number of oxime groups is 1. The lowest BCUT2D eigenvalue weighted by molar-refractivity contribution is -0.161. The van der Waals surface area contributed by atoms with E-state index in [1.54, 1.807) is 0 Å². The van der Waals surface area contributed by atoms with Crippen LogP contribution in [0.5, 0.6) is 5.75 Å². The van der Waals surface area contributed by atoms with Gasteiger partial charge in [0.25, 0.3) is 17.7 Å². The summed E-state index contributed by atoms with van der Waals surface area (Å²) in [5, 5.41) is 40.4. The van der Waals surface area contributed by atoms with Crippen molar-refractivity contribution in [1.82, 2.24) is 24.7 Å². The number of nitrogens with two attached hydrogens (primary N) is 1. The number of hydrogen-bond donors (Lipinski definition) is 8. The number of β-lactam (4-membered cyclic amide) rings is 1. The monoisotopic (exact) mass is 736 g/mol. The van der Waals surface area contributed by atoms with Crippen LogP contribution >= 0.6 is 11.3 Å². The predicted molar refractivity (Wildman–Crippen MR) is 171 cm³/mol. The van der Waals surface area contributed by atoms with Crippen LogP contribution in [0, 0.1) is 0 Å². The molecule has 9 N–H and O–H groups in total. The molecule has 23 heteroatoms. The number of thiazole rings is 1. The molecule has 2 atom stereocenters. The zero-order valence-corrected chi connectivity index (χ0v) is 27.4. The zero-order valence-electron chi connectivity index (χ0n) is 25.8. The molecule has 1 fully saturated rings. The van der Waals surface area contributed by atoms with E-state index in [-0.39, 0.29) is 32.0 Å². The van der Waals surface area contributed by atoms with E-state index in [2.05, 4.69) is 26.1 Å². The highest BCUT2D eigenvalue weighted by Crippen LogP contribution is 2.24. The Kier molecular flexibility index (Phi) is 10.4. The Morgan fingerprint density at radius 3 is 2.40 bits per heavy atom. The lowest BCUT2D eigenvalue weighted by atomic mass is 9.98. The number of anilines is 2. The number of hydrogen-bond acceptors (Lipinski definition) is 15. The summed E-state index contributed by atoms with van der Waals surface area (Å²) < 4.78 is 33.8. The third-order valence-corrected chi connectivity index (χ3v) is 8.52. The number of benzene rings is 1. The molecule has 0 bridgehead atoms. The highest BCUT2D eigenvalue weighted by molar-refractivity contribution is 7.84. The number of carbonyl (C=O) groups excluding carboxylic acids is 4. The van der Waals surface area contributed by atoms with Gasteiger partial charge in [0.1, 0.15) is 17.4 Å². The average molecular weight is 737 g/mol. The summed E-state index contributed by atoms with van der Waals surface area (Å²) in [6.45, 7) is 1.72. The SMILES string of the molecule is CC(C)(ON=C(C(=O)N[C@@H]1C(=O)N(S(=O)(=O)O)[C@H]1CNC(=O)Cc1ccc(NC(=O)c2cc(=O)c(O)cn2O)cc1)c1csc(N)n1)C(=O)O. The second kappa shape index (κ2) is 14.2. The summed E-state index contributed by atoms with van der Waals surface area (Å²) in [5.74, 6) is -6.18. The molecule has 0 aliphatic carbocycles. The van der Waals surface area contributed by atoms with Gasteiger partial charge in [-0.25, -0.2) is 14.1 Å². The maximum atomic E-state index is 13.2. The number of aromatic nitrogens is 2. The van der Waals surface area contributed by atoms with E-state index in [9.17, 15) is 57.2 Å². The van der Waals surface area contributed by atoms with Crippen molar-refractivity contribution in [2.24, 2.45) is 5.16 Å². The largest absolute Gasteiger partial charge is 0.503 e. The summed E-state index contributed by atoms with van der Waals surface area (Å²) >= 11 is 0.901. The number of nitrogens with zero attached hydrogens (tertiary/aromatic N) is 4. The fourth-order valence-corrected chi connectivity index (χ4v) is 5.65. The highest BCUT2D eigenvalue weighted by Gasteiger charge is 2.54. The van der Waals surface area contributed by atoms with E-state index >= 15 is 0 Å². The van der Waals surface area contributed by atoms with Crippen molar-refractivity contribution >= 4 is 67.8 Å². The van der Waals surface area contributed by atoms with Gasteiger partial charge in [-0.1, -0.05) is 17.3 Å². The molecule has 1 saturated heterocycles. The van der Waals surface area contributed by atoms with E-state index in [0.717, 1.165) is 31.3 Å². The van der Waals surface area contributed by atoms with Gasteiger partial charge in [0.2, 0.25) is 16.9 Å². The standard InChI is InChI=1S/C27H28N8O13S2/c1-27(2,25(42)43)48-33-20(14-11-49-26(28)31-14)23(40)32-21-16(35(24(21)41)50(45,46)47)9-29-19(38)7-12-3-5-13(6-4-12)30-22(39)15-8-17(36)18(37)10-34(15)44/h3-6,8,10-11,16,21,37,44H,7,9H2,1-2H3,(H2,28,31)(H,29,38)(H,30,39)(H,32,40)(H,42,43)(H,45,46,47)/t16-,21-/m0/s1. The minimum absolute atomic E-state index is 0.00243. The Bertz CT molecular complexity index is 2060. The summed E-state index contributed by atoms with van der Waals surface area (Å²) in [5.41, 5.74) is 2.20. The van der Waals surface area contributed by atoms with Gasteiger partial charge in [-0.05, 0) is 31.5 Å². The van der Waals surface area contributed by atoms with Crippen LogP contribution in [0.3, 0.4) is 0 Å². The van der Waals surface area contributed by atoms with Gasteiger partial charge in [-0.3, -0.25) is 28.5 Å². The molecular weight excluding hydrogens is 708 g/mol. The van der Waals surface area contributed by atoms with Crippen molar-refractivity contribution in [3.63, 3.8) is 0 Å². The molecule has 3 heterocycles. The summed E-state index contributed by atoms with van der Waals surface area (Å²) in [7, 11) is -5.14. The number of nitrogen functional groups attached to an aromatic ring is 1. The molecular formula is C27H28N8O13S2. The fourth-order valence-electron chi connectivity index (χ4n) is 4.22. The van der Waals surface area contributed by atoms with Gasteiger partial charge in [0, 0.05) is 23.7 Å². The number of carboxylic acid groups (broad SMARTS) is 1. The van der Waals surface area contributed by atoms with Gasteiger partial charge < -0.3 is 41.9 Å². The van der Waals surface area contributed by atoms with Crippen LogP contribution in [-0.2, 0) is 40.7 Å². The molecule has 0 unspecified atom stereocenters. The van der Waals surface area contributed by atoms with Crippen molar-refractivity contribution in [2.75, 3.05) is 17.6 Å². The molecule has 2 aromatic heterocycles. The van der Waals surface area contributed by atoms with E-state index in [4.69, 9.17) is 10.6 Å². The predicted octanol–water partition coefficient (Wildman–Crippen LogP) is -1.48. The van der Waals surface area contributed by atoms with Gasteiger partial charge >= 0.3 is 16.3 Å². The molecule has 4 amide bonds. The molecule has 1 aliphatic heterocycles. The summed E-state index contributed by atoms with van der Waals surface area (Å²) in [4.78, 5) is 83.0. The first-order chi connectivity index (χ1) is 23.3. The first-order valence-electron chi connectivity index (χ1n) is 13.9. The topological polar surface area (TPSA) is 322 Å². The van der Waals surface area contributed by atoms with E-state index in [1.807, 2.05) is 0 Å². The van der Waals surface area contributed by atoms with Crippen LogP contribution in [-0.4, -0.2) is 102 Å². The van der Waals surface area contributed by atoms with Crippen LogP contribution < -0.4 is 27.1 Å². The Balaban J connectivity index is 1.42. The number of pyridine rings is 1. The molecule has 1 aromatic carbocycles. The Morgan fingerprint density at radius 1 is 1.16 bits per heavy atom. The number of aromatic hydroxyl groups is 1. The zero-order chi connectivity index (χ0) is 37.1. The summed E-state index contributed by atoms with van der Waals surface area (Å²) in [6, 6.07) is 3.27. The maximum Gasteiger partial charge on any atom is 0.362 e. The Hall–Kier alpha value is -6.07. The minimum atomic E-state index is -5.14. The van der Waals surface area contributed by atoms with Crippen molar-refractivity contribution in [3.05, 3.63) is 69.1 Å². The van der Waals surface area contributed by atoms with Crippen molar-refractivity contribution in [2.45, 2.75) is 38.0 Å². The molecule has 0 spiro atoms. The van der Waals surface area contributed by atoms with E-state index in [0.29, 0.717) is 11.8 Å². The van der Waals surface area contributed by atoms with Crippen LogP contribution in [0.2, 0.25) is 0 Å². The smallest absolute Gasteiger partial charge is 0.362 e. The molecule has 21 nitrogen and oxygen atoms in total. The Labute approximate surface area is 284 Å². The first kappa shape index (κ1) is 36.8. The number of aliphatic carboxylic acids is 1. The van der Waals surface area contributed by atoms with Gasteiger partial charge in [-0.15, -0.1) is 11.3 Å². The highest BCUT2D eigenvalue weighted by atomic mass is 32.2. The first-order valence-corrected chi connectivity index (χ1v) is 16.2. The average Bonchev–Trinajstić information content (AvgIpc) is 3.45. The third-order valence-electron chi connectivity index (χ3n) is 6.89. The lowest BCUT2D eigenvalue weighted by Crippen LogP contribution is -2.74. The molecule has 0 saturated carbocycles. The maximum absolute atomic E-state index is 13.2. The molecule has 266 valence electrons. The van der Waals surface area contributed by atoms with Crippen molar-refractivity contribution < 1.29 is 57.2 Å². The van der Waals surface area contributed by atoms with Crippen LogP contribution in [0.15, 0.2) is 51.9 Å². The van der Waals surface area contributed by atoms with E-state index in [1.165, 1.54) is 29.6 Å².